The van der Waals surface area contributed by atoms with Crippen molar-refractivity contribution >= 4 is 39.0 Å². The van der Waals surface area contributed by atoms with E-state index >= 15 is 0 Å². The van der Waals surface area contributed by atoms with Crippen LogP contribution in [0.1, 0.15) is 5.56 Å². The Morgan fingerprint density at radius 2 is 2.04 bits per heavy atom. The van der Waals surface area contributed by atoms with Crippen LogP contribution >= 0.6 is 0 Å². The molecule has 0 aliphatic rings. The molecule has 1 atom stereocenters. The largest absolute Gasteiger partial charge is 0.595 e. The average molecular weight is 338 g/mol. The van der Waals surface area contributed by atoms with Crippen LogP contribution in [0.4, 0.5) is 17.1 Å². The van der Waals surface area contributed by atoms with E-state index in [0.29, 0.717) is 27.9 Å². The Hall–Kier alpha value is -3.13. The first-order valence-corrected chi connectivity index (χ1v) is 7.58. The first-order chi connectivity index (χ1) is 12.0. The summed E-state index contributed by atoms with van der Waals surface area (Å²) in [7, 11) is 0. The Labute approximate surface area is 141 Å². The van der Waals surface area contributed by atoms with Crippen molar-refractivity contribution < 1.29 is 19.3 Å². The second-order valence-corrected chi connectivity index (χ2v) is 5.72. The molecule has 4 aromatic rings. The summed E-state index contributed by atoms with van der Waals surface area (Å²) in [5.74, 6) is 0. The number of nitrogens with one attached hydrogen (secondary N) is 2. The minimum atomic E-state index is -1.01. The molecule has 7 nitrogen and oxygen atoms in total. The Bertz CT molecular complexity index is 1140. The molecule has 0 aliphatic carbocycles. The minimum Gasteiger partial charge on any atom is -0.595 e. The zero-order valence-corrected chi connectivity index (χ0v) is 13.2. The smallest absolute Gasteiger partial charge is 0.336 e. The van der Waals surface area contributed by atoms with Crippen molar-refractivity contribution in [2.75, 3.05) is 5.32 Å². The lowest BCUT2D eigenvalue weighted by atomic mass is 10.1. The van der Waals surface area contributed by atoms with Gasteiger partial charge in [0.1, 0.15) is 11.8 Å². The summed E-state index contributed by atoms with van der Waals surface area (Å²) in [5.41, 5.74) is 2.74. The molecule has 0 amide bonds. The molecule has 2 heterocycles. The topological polar surface area (TPSA) is 103 Å². The number of furan rings is 1. The van der Waals surface area contributed by atoms with Crippen molar-refractivity contribution in [3.8, 4) is 0 Å². The number of rotatable bonds is 3. The number of benzene rings is 2. The third kappa shape index (κ3) is 2.66. The van der Waals surface area contributed by atoms with Crippen LogP contribution in [0.3, 0.4) is 0 Å². The molecule has 4 rings (SSSR count). The van der Waals surface area contributed by atoms with Gasteiger partial charge in [0.2, 0.25) is 0 Å². The fourth-order valence-electron chi connectivity index (χ4n) is 2.88. The Kier molecular flexibility index (Phi) is 3.54. The molecule has 0 fully saturated rings. The molecule has 0 radical (unpaired) electrons. The van der Waals surface area contributed by atoms with Crippen LogP contribution in [0.5, 0.6) is 0 Å². The predicted molar refractivity (Wildman–Crippen MR) is 92.5 cm³/mol. The molecule has 7 heteroatoms. The minimum absolute atomic E-state index is 0.171. The number of hydrogen-bond donors (Lipinski definition) is 3. The predicted octanol–water partition coefficient (Wildman–Crippen LogP) is 2.99. The Balaban J connectivity index is 1.89. The Morgan fingerprint density at radius 3 is 2.84 bits per heavy atom. The molecule has 126 valence electrons. The standard InChI is InChI=1S/C18H14N2O5/c1-10-7-16(21)25-18-13(10)5-6-15-17(18)14(9-24-15)19-11-3-2-4-12(8-11)20(22)23/h2-9,19-20,22H,1H3. The summed E-state index contributed by atoms with van der Waals surface area (Å²) in [6.07, 6.45) is 1.51. The normalized spacial score (nSPS) is 12.6. The quantitative estimate of drug-likeness (QED) is 0.392. The summed E-state index contributed by atoms with van der Waals surface area (Å²) in [4.78, 5) is 11.8. The van der Waals surface area contributed by atoms with E-state index in [0.717, 1.165) is 10.9 Å². The van der Waals surface area contributed by atoms with Gasteiger partial charge < -0.3 is 19.4 Å². The van der Waals surface area contributed by atoms with Gasteiger partial charge in [-0.3, -0.25) is 0 Å². The van der Waals surface area contributed by atoms with Gasteiger partial charge >= 0.3 is 5.63 Å². The maximum absolute atomic E-state index is 11.8. The van der Waals surface area contributed by atoms with Crippen LogP contribution in [0.2, 0.25) is 0 Å². The van der Waals surface area contributed by atoms with Crippen LogP contribution in [0, 0.1) is 12.1 Å². The zero-order chi connectivity index (χ0) is 17.6. The molecular formula is C18H14N2O5. The van der Waals surface area contributed by atoms with E-state index in [1.54, 1.807) is 12.1 Å². The van der Waals surface area contributed by atoms with Crippen LogP contribution in [-0.4, -0.2) is 5.21 Å². The summed E-state index contributed by atoms with van der Waals surface area (Å²) >= 11 is 0. The third-order valence-electron chi connectivity index (χ3n) is 4.04. The fourth-order valence-corrected chi connectivity index (χ4v) is 2.88. The molecule has 1 unspecified atom stereocenters. The van der Waals surface area contributed by atoms with Crippen LogP contribution in [0.25, 0.3) is 21.9 Å². The van der Waals surface area contributed by atoms with Crippen molar-refractivity contribution in [2.45, 2.75) is 6.92 Å². The summed E-state index contributed by atoms with van der Waals surface area (Å²) in [6.45, 7) is 1.84. The Morgan fingerprint density at radius 1 is 1.20 bits per heavy atom. The average Bonchev–Trinajstić information content (AvgIpc) is 2.98. The number of hydrogen-bond acceptors (Lipinski definition) is 6. The lowest BCUT2D eigenvalue weighted by molar-refractivity contribution is -0.991. The van der Waals surface area contributed by atoms with Crippen molar-refractivity contribution in [1.82, 2.24) is 0 Å². The highest BCUT2D eigenvalue weighted by Gasteiger charge is 2.14. The highest BCUT2D eigenvalue weighted by molar-refractivity contribution is 6.10. The lowest BCUT2D eigenvalue weighted by Gasteiger charge is -2.13. The van der Waals surface area contributed by atoms with E-state index < -0.39 is 10.9 Å². The van der Waals surface area contributed by atoms with Crippen LogP contribution in [-0.2, 0) is 0 Å². The number of anilines is 2. The molecule has 0 saturated heterocycles. The van der Waals surface area contributed by atoms with Gasteiger partial charge in [0.25, 0.3) is 0 Å². The van der Waals surface area contributed by atoms with Gasteiger partial charge in [-0.2, -0.15) is 5.23 Å². The lowest BCUT2D eigenvalue weighted by Crippen LogP contribution is -2.99. The number of fused-ring (bicyclic) bond motifs is 3. The van der Waals surface area contributed by atoms with Gasteiger partial charge in [-0.05, 0) is 30.7 Å². The van der Waals surface area contributed by atoms with Gasteiger partial charge in [0, 0.05) is 29.3 Å². The van der Waals surface area contributed by atoms with Gasteiger partial charge in [-0.1, -0.05) is 6.07 Å². The van der Waals surface area contributed by atoms with E-state index in [1.807, 2.05) is 19.1 Å². The van der Waals surface area contributed by atoms with Crippen molar-refractivity contribution in [3.63, 3.8) is 0 Å². The van der Waals surface area contributed by atoms with Gasteiger partial charge in [0.15, 0.2) is 11.3 Å². The second kappa shape index (κ2) is 5.75. The maximum Gasteiger partial charge on any atom is 0.336 e. The molecule has 2 aromatic carbocycles. The molecule has 2 aromatic heterocycles. The van der Waals surface area contributed by atoms with E-state index in [-0.39, 0.29) is 5.69 Å². The molecule has 0 aliphatic heterocycles. The van der Waals surface area contributed by atoms with Gasteiger partial charge in [0.05, 0.1) is 11.1 Å². The molecule has 0 bridgehead atoms. The van der Waals surface area contributed by atoms with Crippen molar-refractivity contribution in [2.24, 2.45) is 0 Å². The first kappa shape index (κ1) is 15.4. The molecule has 0 saturated carbocycles. The fraction of sp³-hybridized carbons (Fsp3) is 0.0556. The molecular weight excluding hydrogens is 324 g/mol. The van der Waals surface area contributed by atoms with Crippen molar-refractivity contribution in [3.05, 3.63) is 69.9 Å². The van der Waals surface area contributed by atoms with Gasteiger partial charge in [-0.25, -0.2) is 10.0 Å². The summed E-state index contributed by atoms with van der Waals surface area (Å²) < 4.78 is 11.0. The monoisotopic (exact) mass is 338 g/mol. The van der Waals surface area contributed by atoms with E-state index in [2.05, 4.69) is 5.32 Å². The number of aryl methyl sites for hydroxylation is 1. The number of quaternary nitrogens is 1. The van der Waals surface area contributed by atoms with Crippen molar-refractivity contribution in [1.29, 1.82) is 0 Å². The van der Waals surface area contributed by atoms with E-state index in [4.69, 9.17) is 14.0 Å². The molecule has 0 spiro atoms. The highest BCUT2D eigenvalue weighted by Crippen LogP contribution is 2.35. The highest BCUT2D eigenvalue weighted by atomic mass is 16.8. The summed E-state index contributed by atoms with van der Waals surface area (Å²) in [5, 5.41) is 23.8. The second-order valence-electron chi connectivity index (χ2n) is 5.72. The van der Waals surface area contributed by atoms with E-state index in [9.17, 15) is 10.0 Å². The van der Waals surface area contributed by atoms with Crippen LogP contribution in [0.15, 0.2) is 62.4 Å². The first-order valence-electron chi connectivity index (χ1n) is 7.58. The third-order valence-corrected chi connectivity index (χ3v) is 4.04. The van der Waals surface area contributed by atoms with E-state index in [1.165, 1.54) is 24.5 Å². The maximum atomic E-state index is 11.8. The zero-order valence-electron chi connectivity index (χ0n) is 13.2. The van der Waals surface area contributed by atoms with Gasteiger partial charge in [-0.15, -0.1) is 0 Å². The molecule has 25 heavy (non-hydrogen) atoms. The van der Waals surface area contributed by atoms with Crippen LogP contribution < -0.4 is 16.2 Å². The SMILES string of the molecule is Cc1cc(=O)oc2c1ccc1occ(Nc3cccc([NH+]([O-])O)c3)c12. The molecule has 3 N–H and O–H groups in total. The summed E-state index contributed by atoms with van der Waals surface area (Å²) in [6, 6.07) is 11.5.